The number of cyclic esters (lactones) is 1. The minimum atomic E-state index is -1.58. The molecular formula is C26H28O7. The maximum Gasteiger partial charge on any atom is 0.342 e. The van der Waals surface area contributed by atoms with Crippen LogP contribution in [0.1, 0.15) is 41.8 Å². The lowest BCUT2D eigenvalue weighted by Gasteiger charge is -2.20. The van der Waals surface area contributed by atoms with Crippen LogP contribution in [0.2, 0.25) is 0 Å². The van der Waals surface area contributed by atoms with E-state index in [1.165, 1.54) is 30.4 Å². The zero-order valence-electron chi connectivity index (χ0n) is 18.5. The fourth-order valence-corrected chi connectivity index (χ4v) is 3.29. The molecule has 7 nitrogen and oxygen atoms in total. The Morgan fingerprint density at radius 2 is 1.79 bits per heavy atom. The summed E-state index contributed by atoms with van der Waals surface area (Å²) >= 11 is 0. The van der Waals surface area contributed by atoms with Gasteiger partial charge >= 0.3 is 5.97 Å². The second-order valence-electron chi connectivity index (χ2n) is 8.06. The van der Waals surface area contributed by atoms with Crippen molar-refractivity contribution in [3.8, 4) is 11.5 Å². The number of ketones is 1. The van der Waals surface area contributed by atoms with Gasteiger partial charge in [-0.1, -0.05) is 55.5 Å². The first-order chi connectivity index (χ1) is 15.8. The molecule has 2 aromatic carbocycles. The Morgan fingerprint density at radius 1 is 1.06 bits per heavy atom. The van der Waals surface area contributed by atoms with Gasteiger partial charge in [0.1, 0.15) is 35.9 Å². The fourth-order valence-electron chi connectivity index (χ4n) is 3.29. The lowest BCUT2D eigenvalue weighted by molar-refractivity contribution is -0.127. The largest absolute Gasteiger partial charge is 0.507 e. The number of phenolic OH excluding ortho intramolecular Hbond substituents is 1. The van der Waals surface area contributed by atoms with Gasteiger partial charge in [0.05, 0.1) is 6.10 Å². The maximum absolute atomic E-state index is 12.9. The number of benzene rings is 2. The van der Waals surface area contributed by atoms with Crippen molar-refractivity contribution in [1.82, 2.24) is 0 Å². The van der Waals surface area contributed by atoms with E-state index in [-0.39, 0.29) is 30.3 Å². The van der Waals surface area contributed by atoms with E-state index in [0.29, 0.717) is 11.3 Å². The number of ether oxygens (including phenoxy) is 2. The molecule has 0 radical (unpaired) electrons. The Balaban J connectivity index is 1.95. The third-order valence-corrected chi connectivity index (χ3v) is 5.50. The number of phenols is 1. The first-order valence-corrected chi connectivity index (χ1v) is 10.8. The highest BCUT2D eigenvalue weighted by Gasteiger charge is 2.25. The van der Waals surface area contributed by atoms with Gasteiger partial charge in [-0.2, -0.15) is 0 Å². The molecule has 2 aromatic rings. The topological polar surface area (TPSA) is 113 Å². The van der Waals surface area contributed by atoms with Crippen molar-refractivity contribution >= 4 is 17.8 Å². The molecule has 0 saturated heterocycles. The number of aliphatic hydroxyl groups is 2. The summed E-state index contributed by atoms with van der Waals surface area (Å²) in [5, 5.41) is 30.9. The molecule has 0 bridgehead atoms. The van der Waals surface area contributed by atoms with Crippen LogP contribution in [0.5, 0.6) is 11.5 Å². The summed E-state index contributed by atoms with van der Waals surface area (Å²) in [4.78, 5) is 25.0. The normalized spacial score (nSPS) is 25.9. The van der Waals surface area contributed by atoms with Gasteiger partial charge in [-0.05, 0) is 36.6 Å². The van der Waals surface area contributed by atoms with Crippen LogP contribution >= 0.6 is 0 Å². The molecule has 3 rings (SSSR count). The van der Waals surface area contributed by atoms with E-state index in [9.17, 15) is 24.9 Å². The summed E-state index contributed by atoms with van der Waals surface area (Å²) in [6, 6.07) is 12.4. The van der Waals surface area contributed by atoms with Crippen LogP contribution < -0.4 is 4.74 Å². The van der Waals surface area contributed by atoms with Gasteiger partial charge in [0.2, 0.25) is 0 Å². The number of esters is 1. The smallest absolute Gasteiger partial charge is 0.342 e. The van der Waals surface area contributed by atoms with Crippen molar-refractivity contribution in [2.75, 3.05) is 0 Å². The van der Waals surface area contributed by atoms with E-state index in [1.54, 1.807) is 19.9 Å². The van der Waals surface area contributed by atoms with Crippen molar-refractivity contribution in [2.24, 2.45) is 5.92 Å². The summed E-state index contributed by atoms with van der Waals surface area (Å²) in [7, 11) is 0. The van der Waals surface area contributed by atoms with Gasteiger partial charge in [-0.15, -0.1) is 0 Å². The van der Waals surface area contributed by atoms with Crippen molar-refractivity contribution in [1.29, 1.82) is 0 Å². The monoisotopic (exact) mass is 452 g/mol. The highest BCUT2D eigenvalue weighted by atomic mass is 16.5. The number of carbonyl (C=O) groups is 2. The number of aromatic hydroxyl groups is 1. The van der Waals surface area contributed by atoms with Crippen LogP contribution in [-0.2, 0) is 16.1 Å². The minimum Gasteiger partial charge on any atom is -0.507 e. The van der Waals surface area contributed by atoms with Gasteiger partial charge in [0.25, 0.3) is 0 Å². The Morgan fingerprint density at radius 3 is 2.52 bits per heavy atom. The third kappa shape index (κ3) is 6.31. The second kappa shape index (κ2) is 10.9. The zero-order valence-corrected chi connectivity index (χ0v) is 18.5. The number of hydrogen-bond donors (Lipinski definition) is 3. The maximum atomic E-state index is 12.9. The number of carbonyl (C=O) groups excluding carboxylic acids is 2. The Hall–Kier alpha value is -3.42. The van der Waals surface area contributed by atoms with Crippen LogP contribution in [-0.4, -0.2) is 45.4 Å². The first-order valence-electron chi connectivity index (χ1n) is 10.8. The number of fused-ring (bicyclic) bond motifs is 1. The lowest BCUT2D eigenvalue weighted by Crippen LogP contribution is -2.32. The van der Waals surface area contributed by atoms with Crippen molar-refractivity contribution in [3.05, 3.63) is 77.4 Å². The Labute approximate surface area is 192 Å². The molecule has 0 fully saturated rings. The predicted octanol–water partition coefficient (Wildman–Crippen LogP) is 3.42. The summed E-state index contributed by atoms with van der Waals surface area (Å²) in [6.07, 6.45) is 2.16. The highest BCUT2D eigenvalue weighted by molar-refractivity contribution is 5.97. The fraction of sp³-hybridized carbons (Fsp3) is 0.308. The molecule has 0 aromatic heterocycles. The van der Waals surface area contributed by atoms with Gasteiger partial charge in [0, 0.05) is 12.0 Å². The van der Waals surface area contributed by atoms with Crippen LogP contribution in [0.15, 0.2) is 60.7 Å². The average Bonchev–Trinajstić information content (AvgIpc) is 2.80. The standard InChI is InChI=1S/C26H28O7/c1-16-11-12-22(28)25(30)21(27)10-6-9-19-13-20(32-15-18-7-4-3-5-8-18)14-23(29)24(19)26(31)33-17(16)2/h3-9,11-14,16-17,21,25,27,29-30H,10,15H2,1-2H3/b9-6+,12-11-/t16-,17+,21+,25+/m1/s1. The van der Waals surface area contributed by atoms with Gasteiger partial charge < -0.3 is 24.8 Å². The van der Waals surface area contributed by atoms with E-state index < -0.39 is 30.1 Å². The Bertz CT molecular complexity index is 1040. The van der Waals surface area contributed by atoms with E-state index in [2.05, 4.69) is 0 Å². The average molecular weight is 453 g/mol. The molecule has 3 N–H and O–H groups in total. The van der Waals surface area contributed by atoms with E-state index in [1.807, 2.05) is 30.3 Å². The highest BCUT2D eigenvalue weighted by Crippen LogP contribution is 2.31. The van der Waals surface area contributed by atoms with Crippen LogP contribution in [0.25, 0.3) is 6.08 Å². The van der Waals surface area contributed by atoms with Crippen LogP contribution in [0.4, 0.5) is 0 Å². The minimum absolute atomic E-state index is 0.0375. The lowest BCUT2D eigenvalue weighted by atomic mass is 9.99. The molecular weight excluding hydrogens is 424 g/mol. The SMILES string of the molecule is C[C@@H]1/C=C\C(=O)[C@@H](O)[C@@H](O)C/C=C/c2cc(OCc3ccccc3)cc(O)c2C(=O)O[C@H]1C. The molecule has 1 aliphatic heterocycles. The Kier molecular flexibility index (Phi) is 8.03. The molecule has 0 spiro atoms. The van der Waals surface area contributed by atoms with E-state index in [0.717, 1.165) is 5.56 Å². The molecule has 1 heterocycles. The molecule has 0 aliphatic carbocycles. The van der Waals surface area contributed by atoms with E-state index >= 15 is 0 Å². The molecule has 4 atom stereocenters. The number of hydrogen-bond acceptors (Lipinski definition) is 7. The summed E-state index contributed by atoms with van der Waals surface area (Å²) in [5.74, 6) is -1.66. The first kappa shape index (κ1) is 24.2. The van der Waals surface area contributed by atoms with Gasteiger partial charge in [-0.25, -0.2) is 4.79 Å². The van der Waals surface area contributed by atoms with Crippen molar-refractivity contribution in [3.63, 3.8) is 0 Å². The number of aliphatic hydroxyl groups excluding tert-OH is 2. The van der Waals surface area contributed by atoms with Gasteiger partial charge in [0.15, 0.2) is 5.78 Å². The van der Waals surface area contributed by atoms with Crippen molar-refractivity contribution < 1.29 is 34.4 Å². The number of rotatable bonds is 3. The molecule has 0 unspecified atom stereocenters. The summed E-state index contributed by atoms with van der Waals surface area (Å²) < 4.78 is 11.3. The van der Waals surface area contributed by atoms with Crippen LogP contribution in [0, 0.1) is 5.92 Å². The van der Waals surface area contributed by atoms with Crippen LogP contribution in [0.3, 0.4) is 0 Å². The van der Waals surface area contributed by atoms with E-state index in [4.69, 9.17) is 9.47 Å². The van der Waals surface area contributed by atoms with Crippen molar-refractivity contribution in [2.45, 2.75) is 45.2 Å². The molecule has 33 heavy (non-hydrogen) atoms. The molecule has 0 saturated carbocycles. The summed E-state index contributed by atoms with van der Waals surface area (Å²) in [5.41, 5.74) is 1.22. The zero-order chi connectivity index (χ0) is 24.0. The molecule has 174 valence electrons. The summed E-state index contributed by atoms with van der Waals surface area (Å²) in [6.45, 7) is 3.68. The quantitative estimate of drug-likeness (QED) is 0.612. The van der Waals surface area contributed by atoms with Gasteiger partial charge in [-0.3, -0.25) is 4.79 Å². The third-order valence-electron chi connectivity index (χ3n) is 5.50. The molecule has 7 heteroatoms. The predicted molar refractivity (Wildman–Crippen MR) is 123 cm³/mol. The molecule has 0 amide bonds. The second-order valence-corrected chi connectivity index (χ2v) is 8.06. The molecule has 1 aliphatic rings.